The smallest absolute Gasteiger partial charge is 0.244 e. The number of carbonyl (C=O) groups excluding carboxylic acids is 1. The second-order valence-corrected chi connectivity index (χ2v) is 10.5. The van der Waals surface area contributed by atoms with E-state index in [1.165, 1.54) is 0 Å². The van der Waals surface area contributed by atoms with E-state index in [1.54, 1.807) is 25.3 Å². The molecule has 0 radical (unpaired) electrons. The van der Waals surface area contributed by atoms with E-state index in [4.69, 9.17) is 4.74 Å². The van der Waals surface area contributed by atoms with Gasteiger partial charge in [-0.3, -0.25) is 4.79 Å². The largest absolute Gasteiger partial charge is 0.497 e. The molecule has 0 bridgehead atoms. The van der Waals surface area contributed by atoms with E-state index in [1.807, 2.05) is 41.1 Å². The lowest BCUT2D eigenvalue weighted by molar-refractivity contribution is -0.116. The molecule has 7 heteroatoms. The average Bonchev–Trinajstić information content (AvgIpc) is 3.16. The number of benzene rings is 2. The molecule has 1 aliphatic rings. The third kappa shape index (κ3) is 5.10. The highest BCUT2D eigenvalue weighted by molar-refractivity contribution is 7.91. The first kappa shape index (κ1) is 21.4. The lowest BCUT2D eigenvalue weighted by atomic mass is 10.0. The molecule has 1 aliphatic carbocycles. The molecule has 1 amide bonds. The maximum atomic E-state index is 12.8. The highest BCUT2D eigenvalue weighted by Gasteiger charge is 2.27. The zero-order valence-corrected chi connectivity index (χ0v) is 18.5. The van der Waals surface area contributed by atoms with Crippen LogP contribution in [-0.2, 0) is 26.9 Å². The molecule has 0 unspecified atom stereocenters. The van der Waals surface area contributed by atoms with Crippen molar-refractivity contribution in [1.29, 1.82) is 0 Å². The third-order valence-electron chi connectivity index (χ3n) is 5.93. The Hall–Kier alpha value is -2.80. The zero-order chi connectivity index (χ0) is 21.8. The summed E-state index contributed by atoms with van der Waals surface area (Å²) in [4.78, 5) is 12.6. The molecule has 0 spiro atoms. The van der Waals surface area contributed by atoms with Gasteiger partial charge < -0.3 is 14.6 Å². The van der Waals surface area contributed by atoms with Crippen molar-refractivity contribution in [1.82, 2.24) is 4.57 Å². The predicted molar refractivity (Wildman–Crippen MR) is 123 cm³/mol. The Morgan fingerprint density at radius 2 is 1.90 bits per heavy atom. The van der Waals surface area contributed by atoms with Gasteiger partial charge in [0, 0.05) is 22.8 Å². The van der Waals surface area contributed by atoms with Gasteiger partial charge in [-0.1, -0.05) is 31.4 Å². The number of methoxy groups -OCH3 is 1. The number of anilines is 1. The molecule has 1 N–H and O–H groups in total. The Labute approximate surface area is 183 Å². The minimum atomic E-state index is -3.18. The number of rotatable bonds is 7. The van der Waals surface area contributed by atoms with Crippen LogP contribution in [0, 0.1) is 0 Å². The van der Waals surface area contributed by atoms with Crippen molar-refractivity contribution in [3.63, 3.8) is 0 Å². The average molecular weight is 441 g/mol. The number of nitrogens with zero attached hydrogens (tertiary/aromatic N) is 1. The van der Waals surface area contributed by atoms with Crippen molar-refractivity contribution in [3.8, 4) is 5.75 Å². The van der Waals surface area contributed by atoms with E-state index in [9.17, 15) is 13.2 Å². The minimum absolute atomic E-state index is 0.0193. The Bertz CT molecular complexity index is 1180. The monoisotopic (exact) mass is 440 g/mol. The lowest BCUT2D eigenvalue weighted by Crippen LogP contribution is -2.25. The number of nitrogens with one attached hydrogen (secondary N) is 1. The van der Waals surface area contributed by atoms with Crippen LogP contribution in [0.2, 0.25) is 0 Å². The third-order valence-corrected chi connectivity index (χ3v) is 8.15. The molecule has 1 saturated carbocycles. The van der Waals surface area contributed by atoms with Crippen LogP contribution in [0.3, 0.4) is 0 Å². The summed E-state index contributed by atoms with van der Waals surface area (Å²) in [6.45, 7) is 0.167. The van der Waals surface area contributed by atoms with Gasteiger partial charge in [0.1, 0.15) is 12.3 Å². The van der Waals surface area contributed by atoms with E-state index in [-0.39, 0.29) is 23.5 Å². The van der Waals surface area contributed by atoms with Gasteiger partial charge in [0.2, 0.25) is 5.91 Å². The molecular formula is C24H28N2O4S. The van der Waals surface area contributed by atoms with Crippen LogP contribution in [0.5, 0.6) is 5.75 Å². The number of ether oxygens (including phenoxy) is 1. The van der Waals surface area contributed by atoms with Crippen LogP contribution < -0.4 is 10.1 Å². The first-order chi connectivity index (χ1) is 14.9. The SMILES string of the molecule is COc1ccc2c(ccn2CC(=O)Nc2cccc(CS(=O)(=O)C3CCCCC3)c2)c1. The summed E-state index contributed by atoms with van der Waals surface area (Å²) in [6.07, 6.45) is 6.49. The molecule has 0 atom stereocenters. The van der Waals surface area contributed by atoms with Crippen LogP contribution in [0.15, 0.2) is 54.7 Å². The molecule has 6 nitrogen and oxygen atoms in total. The Morgan fingerprint density at radius 3 is 2.68 bits per heavy atom. The Balaban J connectivity index is 1.42. The van der Waals surface area contributed by atoms with Gasteiger partial charge in [-0.25, -0.2) is 8.42 Å². The first-order valence-electron chi connectivity index (χ1n) is 10.7. The fraction of sp³-hybridized carbons (Fsp3) is 0.375. The Kier molecular flexibility index (Phi) is 6.32. The second-order valence-electron chi connectivity index (χ2n) is 8.18. The second kappa shape index (κ2) is 9.14. The molecule has 31 heavy (non-hydrogen) atoms. The van der Waals surface area contributed by atoms with Crippen LogP contribution in [-0.4, -0.2) is 31.3 Å². The molecule has 1 fully saturated rings. The van der Waals surface area contributed by atoms with Gasteiger partial charge in [-0.15, -0.1) is 0 Å². The van der Waals surface area contributed by atoms with Gasteiger partial charge in [-0.2, -0.15) is 0 Å². The van der Waals surface area contributed by atoms with E-state index in [0.29, 0.717) is 11.3 Å². The Morgan fingerprint density at radius 1 is 1.10 bits per heavy atom. The number of amides is 1. The van der Waals surface area contributed by atoms with Gasteiger partial charge >= 0.3 is 0 Å². The van der Waals surface area contributed by atoms with Crippen molar-refractivity contribution in [2.75, 3.05) is 12.4 Å². The van der Waals surface area contributed by atoms with Crippen molar-refractivity contribution in [3.05, 3.63) is 60.3 Å². The van der Waals surface area contributed by atoms with Crippen LogP contribution >= 0.6 is 0 Å². The molecule has 0 aliphatic heterocycles. The summed E-state index contributed by atoms with van der Waals surface area (Å²) < 4.78 is 32.7. The van der Waals surface area contributed by atoms with Crippen molar-refractivity contribution in [2.45, 2.75) is 49.7 Å². The van der Waals surface area contributed by atoms with Gasteiger partial charge in [0.05, 0.1) is 18.1 Å². The molecule has 2 aromatic carbocycles. The number of hydrogen-bond acceptors (Lipinski definition) is 4. The van der Waals surface area contributed by atoms with Crippen LogP contribution in [0.25, 0.3) is 10.9 Å². The number of aromatic nitrogens is 1. The lowest BCUT2D eigenvalue weighted by Gasteiger charge is -2.21. The highest BCUT2D eigenvalue weighted by atomic mass is 32.2. The summed E-state index contributed by atoms with van der Waals surface area (Å²) in [5.74, 6) is 0.626. The fourth-order valence-corrected chi connectivity index (χ4v) is 6.24. The summed E-state index contributed by atoms with van der Waals surface area (Å²) >= 11 is 0. The summed E-state index contributed by atoms with van der Waals surface area (Å²) in [5, 5.41) is 3.66. The number of fused-ring (bicyclic) bond motifs is 1. The quantitative estimate of drug-likeness (QED) is 0.585. The fourth-order valence-electron chi connectivity index (χ4n) is 4.31. The molecular weight excluding hydrogens is 412 g/mol. The highest BCUT2D eigenvalue weighted by Crippen LogP contribution is 2.27. The van der Waals surface area contributed by atoms with Crippen LogP contribution in [0.1, 0.15) is 37.7 Å². The standard InChI is InChI=1S/C24H28N2O4S/c1-30-21-10-11-23-19(15-21)12-13-26(23)16-24(27)25-20-7-5-6-18(14-20)17-31(28,29)22-8-3-2-4-9-22/h5-7,10-15,22H,2-4,8-9,16-17H2,1H3,(H,25,27). The summed E-state index contributed by atoms with van der Waals surface area (Å²) in [7, 11) is -1.55. The summed E-state index contributed by atoms with van der Waals surface area (Å²) in [5.41, 5.74) is 2.27. The number of carbonyl (C=O) groups is 1. The summed E-state index contributed by atoms with van der Waals surface area (Å²) in [6, 6.07) is 14.8. The van der Waals surface area contributed by atoms with E-state index < -0.39 is 9.84 Å². The zero-order valence-electron chi connectivity index (χ0n) is 17.7. The van der Waals surface area contributed by atoms with Gasteiger partial charge in [0.15, 0.2) is 9.84 Å². The first-order valence-corrected chi connectivity index (χ1v) is 12.4. The maximum absolute atomic E-state index is 12.8. The van der Waals surface area contributed by atoms with Gasteiger partial charge in [0.25, 0.3) is 0 Å². The normalized spacial score (nSPS) is 15.1. The molecule has 1 heterocycles. The van der Waals surface area contributed by atoms with Gasteiger partial charge in [-0.05, 0) is 54.8 Å². The molecule has 1 aromatic heterocycles. The topological polar surface area (TPSA) is 77.4 Å². The van der Waals surface area contributed by atoms with Crippen molar-refractivity contribution in [2.24, 2.45) is 0 Å². The van der Waals surface area contributed by atoms with E-state index in [2.05, 4.69) is 5.32 Å². The van der Waals surface area contributed by atoms with Crippen LogP contribution in [0.4, 0.5) is 5.69 Å². The van der Waals surface area contributed by atoms with E-state index in [0.717, 1.165) is 48.8 Å². The number of hydrogen-bond donors (Lipinski definition) is 1. The molecule has 4 rings (SSSR count). The molecule has 0 saturated heterocycles. The molecule has 3 aromatic rings. The maximum Gasteiger partial charge on any atom is 0.244 e. The van der Waals surface area contributed by atoms with Crippen molar-refractivity contribution >= 4 is 32.3 Å². The number of sulfone groups is 1. The van der Waals surface area contributed by atoms with E-state index >= 15 is 0 Å². The minimum Gasteiger partial charge on any atom is -0.497 e. The molecule has 164 valence electrons. The van der Waals surface area contributed by atoms with Crippen molar-refractivity contribution < 1.29 is 17.9 Å². The predicted octanol–water partition coefficient (Wildman–Crippen LogP) is 4.54.